The number of hydrogen-bond acceptors (Lipinski definition) is 4. The molecule has 0 saturated carbocycles. The lowest BCUT2D eigenvalue weighted by atomic mass is 10.1. The minimum Gasteiger partial charge on any atom is -0.341 e. The number of carbonyl (C=O) groups is 1. The minimum atomic E-state index is -4.64. The maximum Gasteiger partial charge on any atom is 0.418 e. The van der Waals surface area contributed by atoms with Crippen molar-refractivity contribution in [3.8, 4) is 0 Å². The summed E-state index contributed by atoms with van der Waals surface area (Å²) in [4.78, 5) is 22.6. The van der Waals surface area contributed by atoms with Crippen molar-refractivity contribution < 1.29 is 18.0 Å². The van der Waals surface area contributed by atoms with Gasteiger partial charge in [0.25, 0.3) is 5.91 Å². The molecule has 1 amide bonds. The highest BCUT2D eigenvalue weighted by molar-refractivity contribution is 6.30. The smallest absolute Gasteiger partial charge is 0.341 e. The van der Waals surface area contributed by atoms with Crippen LogP contribution in [0.4, 0.5) is 24.8 Å². The van der Waals surface area contributed by atoms with Gasteiger partial charge in [-0.3, -0.25) is 4.79 Å². The van der Waals surface area contributed by atoms with Gasteiger partial charge in [-0.15, -0.1) is 0 Å². The Hall–Kier alpha value is -2.35. The highest BCUT2D eigenvalue weighted by atomic mass is 35.5. The third-order valence-electron chi connectivity index (χ3n) is 4.07. The molecule has 1 N–H and O–H groups in total. The zero-order valence-corrected chi connectivity index (χ0v) is 14.4. The van der Waals surface area contributed by atoms with E-state index in [0.717, 1.165) is 38.1 Å². The molecule has 1 fully saturated rings. The van der Waals surface area contributed by atoms with Crippen LogP contribution in [0.1, 0.15) is 35.2 Å². The maximum atomic E-state index is 13.1. The van der Waals surface area contributed by atoms with Crippen LogP contribution >= 0.6 is 11.6 Å². The Balaban J connectivity index is 1.76. The standard InChI is InChI=1S/C17H16ClF3N4O/c18-12-4-5-14(13(8-12)17(19,20)21)24-15(26)11-9-22-16(23-10-11)25-6-2-1-3-7-25/h4-5,8-10H,1-3,6-7H2,(H,24,26). The number of alkyl halides is 3. The number of benzene rings is 1. The summed E-state index contributed by atoms with van der Waals surface area (Å²) in [7, 11) is 0. The lowest BCUT2D eigenvalue weighted by Gasteiger charge is -2.26. The van der Waals surface area contributed by atoms with Gasteiger partial charge in [0, 0.05) is 30.5 Å². The van der Waals surface area contributed by atoms with Gasteiger partial charge < -0.3 is 10.2 Å². The van der Waals surface area contributed by atoms with Crippen molar-refractivity contribution >= 4 is 29.1 Å². The first-order valence-electron chi connectivity index (χ1n) is 8.10. The normalized spacial score (nSPS) is 15.0. The fourth-order valence-corrected chi connectivity index (χ4v) is 2.92. The first kappa shape index (κ1) is 18.4. The Kier molecular flexibility index (Phi) is 5.31. The van der Waals surface area contributed by atoms with Crippen LogP contribution in [0.15, 0.2) is 30.6 Å². The summed E-state index contributed by atoms with van der Waals surface area (Å²) in [6.45, 7) is 1.70. The molecular formula is C17H16ClF3N4O. The van der Waals surface area contributed by atoms with E-state index < -0.39 is 17.6 Å². The SMILES string of the molecule is O=C(Nc1ccc(Cl)cc1C(F)(F)F)c1cnc(N2CCCCC2)nc1. The molecule has 1 aliphatic heterocycles. The van der Waals surface area contributed by atoms with Crippen LogP contribution < -0.4 is 10.2 Å². The largest absolute Gasteiger partial charge is 0.418 e. The molecule has 1 aliphatic rings. The fourth-order valence-electron chi connectivity index (χ4n) is 2.75. The van der Waals surface area contributed by atoms with Gasteiger partial charge in [-0.25, -0.2) is 9.97 Å². The molecule has 5 nitrogen and oxygen atoms in total. The average molecular weight is 385 g/mol. The zero-order valence-electron chi connectivity index (χ0n) is 13.7. The van der Waals surface area contributed by atoms with Crippen molar-refractivity contribution in [3.63, 3.8) is 0 Å². The van der Waals surface area contributed by atoms with Gasteiger partial charge in [-0.05, 0) is 37.5 Å². The summed E-state index contributed by atoms with van der Waals surface area (Å²) >= 11 is 5.63. The average Bonchev–Trinajstić information content (AvgIpc) is 2.63. The van der Waals surface area contributed by atoms with Crippen molar-refractivity contribution in [2.45, 2.75) is 25.4 Å². The second-order valence-electron chi connectivity index (χ2n) is 5.96. The van der Waals surface area contributed by atoms with Gasteiger partial charge in [0.05, 0.1) is 16.8 Å². The predicted octanol–water partition coefficient (Wildman–Crippen LogP) is 4.39. The minimum absolute atomic E-state index is 0.0652. The molecular weight excluding hydrogens is 369 g/mol. The van der Waals surface area contributed by atoms with Gasteiger partial charge in [0.1, 0.15) is 0 Å². The Morgan fingerprint density at radius 3 is 2.38 bits per heavy atom. The van der Waals surface area contributed by atoms with Crippen LogP contribution in [-0.4, -0.2) is 29.0 Å². The molecule has 0 bridgehead atoms. The number of nitrogens with one attached hydrogen (secondary N) is 1. The van der Waals surface area contributed by atoms with Crippen LogP contribution in [0.2, 0.25) is 5.02 Å². The summed E-state index contributed by atoms with van der Waals surface area (Å²) in [5.74, 6) is -0.202. The molecule has 1 saturated heterocycles. The van der Waals surface area contributed by atoms with E-state index in [1.54, 1.807) is 0 Å². The van der Waals surface area contributed by atoms with Crippen molar-refractivity contribution in [3.05, 3.63) is 46.7 Å². The Morgan fingerprint density at radius 2 is 1.77 bits per heavy atom. The van der Waals surface area contributed by atoms with Crippen LogP contribution in [0.25, 0.3) is 0 Å². The number of hydrogen-bond donors (Lipinski definition) is 1. The second-order valence-corrected chi connectivity index (χ2v) is 6.40. The lowest BCUT2D eigenvalue weighted by Crippen LogP contribution is -2.31. The molecule has 2 heterocycles. The van der Waals surface area contributed by atoms with E-state index >= 15 is 0 Å². The summed E-state index contributed by atoms with van der Waals surface area (Å²) in [6.07, 6.45) is 1.28. The number of rotatable bonds is 3. The second kappa shape index (κ2) is 7.49. The molecule has 9 heteroatoms. The van der Waals surface area contributed by atoms with Gasteiger partial charge in [-0.1, -0.05) is 11.6 Å². The summed E-state index contributed by atoms with van der Waals surface area (Å²) in [6, 6.07) is 3.17. The van der Waals surface area contributed by atoms with Gasteiger partial charge in [0.2, 0.25) is 5.95 Å². The van der Waals surface area contributed by atoms with Crippen LogP contribution in [0, 0.1) is 0 Å². The summed E-state index contributed by atoms with van der Waals surface area (Å²) < 4.78 is 39.3. The van der Waals surface area contributed by atoms with E-state index in [9.17, 15) is 18.0 Å². The highest BCUT2D eigenvalue weighted by Crippen LogP contribution is 2.36. The summed E-state index contributed by atoms with van der Waals surface area (Å²) in [5.41, 5.74) is -1.30. The quantitative estimate of drug-likeness (QED) is 0.852. The van der Waals surface area contributed by atoms with Crippen molar-refractivity contribution in [1.82, 2.24) is 9.97 Å². The molecule has 0 radical (unpaired) electrons. The summed E-state index contributed by atoms with van der Waals surface area (Å²) in [5, 5.41) is 2.18. The molecule has 26 heavy (non-hydrogen) atoms. The third kappa shape index (κ3) is 4.24. The Labute approximate surface area is 153 Å². The highest BCUT2D eigenvalue weighted by Gasteiger charge is 2.34. The molecule has 0 aliphatic carbocycles. The molecule has 0 unspecified atom stereocenters. The lowest BCUT2D eigenvalue weighted by molar-refractivity contribution is -0.136. The van der Waals surface area contributed by atoms with Gasteiger partial charge >= 0.3 is 6.18 Å². The predicted molar refractivity (Wildman–Crippen MR) is 92.5 cm³/mol. The number of halogens is 4. The maximum absolute atomic E-state index is 13.1. The van der Waals surface area contributed by atoms with E-state index in [-0.39, 0.29) is 16.3 Å². The molecule has 1 aromatic heterocycles. The van der Waals surface area contributed by atoms with Gasteiger partial charge in [0.15, 0.2) is 0 Å². The van der Waals surface area contributed by atoms with Crippen LogP contribution in [0.5, 0.6) is 0 Å². The first-order chi connectivity index (χ1) is 12.3. The number of nitrogens with zero attached hydrogens (tertiary/aromatic N) is 3. The van der Waals surface area contributed by atoms with Crippen molar-refractivity contribution in [2.75, 3.05) is 23.3 Å². The third-order valence-corrected chi connectivity index (χ3v) is 4.31. The number of amides is 1. The topological polar surface area (TPSA) is 58.1 Å². The monoisotopic (exact) mass is 384 g/mol. The molecule has 138 valence electrons. The number of piperidine rings is 1. The van der Waals surface area contributed by atoms with Crippen LogP contribution in [0.3, 0.4) is 0 Å². The van der Waals surface area contributed by atoms with E-state index in [1.807, 2.05) is 4.90 Å². The van der Waals surface area contributed by atoms with E-state index in [1.165, 1.54) is 24.9 Å². The first-order valence-corrected chi connectivity index (χ1v) is 8.47. The number of carbonyl (C=O) groups excluding carboxylic acids is 1. The fraction of sp³-hybridized carbons (Fsp3) is 0.353. The number of anilines is 2. The Bertz CT molecular complexity index is 790. The zero-order chi connectivity index (χ0) is 18.7. The molecule has 3 rings (SSSR count). The molecule has 0 spiro atoms. The molecule has 0 atom stereocenters. The van der Waals surface area contributed by atoms with Gasteiger partial charge in [-0.2, -0.15) is 13.2 Å². The molecule has 2 aromatic rings. The van der Waals surface area contributed by atoms with Crippen LogP contribution in [-0.2, 0) is 6.18 Å². The van der Waals surface area contributed by atoms with Crippen molar-refractivity contribution in [1.29, 1.82) is 0 Å². The van der Waals surface area contributed by atoms with E-state index in [2.05, 4.69) is 15.3 Å². The van der Waals surface area contributed by atoms with E-state index in [4.69, 9.17) is 11.6 Å². The number of aromatic nitrogens is 2. The van der Waals surface area contributed by atoms with E-state index in [0.29, 0.717) is 5.95 Å². The Morgan fingerprint density at radius 1 is 1.12 bits per heavy atom. The van der Waals surface area contributed by atoms with Crippen molar-refractivity contribution in [2.24, 2.45) is 0 Å². The molecule has 1 aromatic carbocycles.